The Hall–Kier alpha value is -0.120. The predicted octanol–water partition coefficient (Wildman–Crippen LogP) is 0.658. The minimum Gasteiger partial charge on any atom is -0.389 e. The van der Waals surface area contributed by atoms with Crippen molar-refractivity contribution < 1.29 is 5.11 Å². The highest BCUT2D eigenvalue weighted by Crippen LogP contribution is 2.10. The lowest BCUT2D eigenvalue weighted by Gasteiger charge is -2.21. The van der Waals surface area contributed by atoms with Crippen LogP contribution in [-0.4, -0.2) is 17.3 Å². The first-order valence-corrected chi connectivity index (χ1v) is 3.11. The van der Waals surface area contributed by atoms with E-state index < -0.39 is 5.60 Å². The summed E-state index contributed by atoms with van der Waals surface area (Å²) in [5, 5.41) is 9.31. The zero-order chi connectivity index (χ0) is 6.62. The molecule has 0 aliphatic carbocycles. The van der Waals surface area contributed by atoms with E-state index in [1.165, 1.54) is 0 Å². The average molecular weight is 134 g/mol. The molecular formula is C6H18N2O. The van der Waals surface area contributed by atoms with Crippen molar-refractivity contribution in [3.05, 3.63) is 0 Å². The van der Waals surface area contributed by atoms with Crippen LogP contribution in [0.15, 0.2) is 0 Å². The number of hydrogen-bond donors (Lipinski definition) is 3. The highest BCUT2D eigenvalue weighted by Gasteiger charge is 2.18. The lowest BCUT2D eigenvalue weighted by atomic mass is 9.98. The summed E-state index contributed by atoms with van der Waals surface area (Å²) >= 11 is 0. The van der Waals surface area contributed by atoms with Gasteiger partial charge in [0.1, 0.15) is 0 Å². The third kappa shape index (κ3) is 3.46. The van der Waals surface area contributed by atoms with E-state index in [4.69, 9.17) is 5.73 Å². The summed E-state index contributed by atoms with van der Waals surface area (Å²) in [6, 6.07) is 0. The summed E-state index contributed by atoms with van der Waals surface area (Å²) in [5.74, 6) is 0. The van der Waals surface area contributed by atoms with Gasteiger partial charge in [0.25, 0.3) is 0 Å². The second-order valence-electron chi connectivity index (χ2n) is 2.14. The quantitative estimate of drug-likeness (QED) is 0.530. The van der Waals surface area contributed by atoms with Crippen LogP contribution in [0.3, 0.4) is 0 Å². The molecule has 58 valence electrons. The molecule has 0 aliphatic rings. The van der Waals surface area contributed by atoms with E-state index in [-0.39, 0.29) is 6.15 Å². The highest BCUT2D eigenvalue weighted by molar-refractivity contribution is 4.74. The van der Waals surface area contributed by atoms with Gasteiger partial charge in [0.05, 0.1) is 5.60 Å². The fraction of sp³-hybridized carbons (Fsp3) is 1.00. The minimum atomic E-state index is -0.597. The van der Waals surface area contributed by atoms with Crippen LogP contribution in [0.4, 0.5) is 0 Å². The molecule has 0 bridgehead atoms. The third-order valence-corrected chi connectivity index (χ3v) is 1.70. The van der Waals surface area contributed by atoms with Crippen molar-refractivity contribution in [3.8, 4) is 0 Å². The molecule has 0 unspecified atom stereocenters. The fourth-order valence-corrected chi connectivity index (χ4v) is 0.539. The Morgan fingerprint density at radius 3 is 1.67 bits per heavy atom. The van der Waals surface area contributed by atoms with Crippen LogP contribution in [0.1, 0.15) is 26.7 Å². The lowest BCUT2D eigenvalue weighted by Crippen LogP contribution is -2.35. The Bertz CT molecular complexity index is 53.8. The van der Waals surface area contributed by atoms with Crippen molar-refractivity contribution in [2.75, 3.05) is 6.54 Å². The molecule has 0 heterocycles. The number of hydrogen-bond acceptors (Lipinski definition) is 3. The molecule has 3 heteroatoms. The van der Waals surface area contributed by atoms with Gasteiger partial charge in [0.2, 0.25) is 0 Å². The maximum absolute atomic E-state index is 9.31. The normalized spacial score (nSPS) is 10.7. The summed E-state index contributed by atoms with van der Waals surface area (Å²) in [4.78, 5) is 0. The largest absolute Gasteiger partial charge is 0.389 e. The molecule has 0 rings (SSSR count). The van der Waals surface area contributed by atoms with Crippen molar-refractivity contribution in [2.24, 2.45) is 5.73 Å². The Morgan fingerprint density at radius 2 is 1.67 bits per heavy atom. The lowest BCUT2D eigenvalue weighted by molar-refractivity contribution is 0.0414. The van der Waals surface area contributed by atoms with Crippen molar-refractivity contribution in [1.82, 2.24) is 6.15 Å². The zero-order valence-electron chi connectivity index (χ0n) is 6.35. The second kappa shape index (κ2) is 4.73. The molecule has 0 aromatic rings. The van der Waals surface area contributed by atoms with Crippen LogP contribution in [0.5, 0.6) is 0 Å². The number of rotatable bonds is 3. The second-order valence-corrected chi connectivity index (χ2v) is 2.14. The van der Waals surface area contributed by atoms with E-state index in [1.807, 2.05) is 13.8 Å². The van der Waals surface area contributed by atoms with Gasteiger partial charge in [-0.05, 0) is 12.8 Å². The smallest absolute Gasteiger partial charge is 0.0764 e. The molecule has 0 spiro atoms. The van der Waals surface area contributed by atoms with Gasteiger partial charge in [-0.2, -0.15) is 0 Å². The van der Waals surface area contributed by atoms with Gasteiger partial charge >= 0.3 is 0 Å². The molecule has 0 aromatic heterocycles. The molecule has 0 fully saturated rings. The van der Waals surface area contributed by atoms with E-state index >= 15 is 0 Å². The van der Waals surface area contributed by atoms with Crippen molar-refractivity contribution in [1.29, 1.82) is 0 Å². The summed E-state index contributed by atoms with van der Waals surface area (Å²) < 4.78 is 0. The van der Waals surface area contributed by atoms with Crippen LogP contribution < -0.4 is 11.9 Å². The first-order valence-electron chi connectivity index (χ1n) is 3.11. The molecule has 0 atom stereocenters. The molecule has 0 radical (unpaired) electrons. The van der Waals surface area contributed by atoms with Crippen LogP contribution in [-0.2, 0) is 0 Å². The van der Waals surface area contributed by atoms with E-state index in [0.29, 0.717) is 6.54 Å². The van der Waals surface area contributed by atoms with E-state index in [0.717, 1.165) is 12.8 Å². The van der Waals surface area contributed by atoms with Crippen molar-refractivity contribution in [2.45, 2.75) is 32.3 Å². The molecule has 3 nitrogen and oxygen atoms in total. The van der Waals surface area contributed by atoms with Crippen molar-refractivity contribution in [3.63, 3.8) is 0 Å². The minimum absolute atomic E-state index is 0. The Kier molecular flexibility index (Phi) is 6.12. The third-order valence-electron chi connectivity index (χ3n) is 1.70. The maximum Gasteiger partial charge on any atom is 0.0764 e. The van der Waals surface area contributed by atoms with Gasteiger partial charge < -0.3 is 17.0 Å². The number of aliphatic hydroxyl groups is 1. The van der Waals surface area contributed by atoms with Gasteiger partial charge in [0.15, 0.2) is 0 Å². The Morgan fingerprint density at radius 1 is 1.33 bits per heavy atom. The standard InChI is InChI=1S/C6H15NO.H3N/c1-3-6(8,4-2)5-7;/h8H,3-5,7H2,1-2H3;1H3. The summed E-state index contributed by atoms with van der Waals surface area (Å²) in [5.41, 5.74) is 4.68. The average Bonchev–Trinajstić information content (AvgIpc) is 1.87. The Labute approximate surface area is 56.8 Å². The molecule has 0 aromatic carbocycles. The highest BCUT2D eigenvalue weighted by atomic mass is 16.3. The molecule has 9 heavy (non-hydrogen) atoms. The summed E-state index contributed by atoms with van der Waals surface area (Å²) in [6.45, 7) is 4.26. The van der Waals surface area contributed by atoms with Gasteiger partial charge in [-0.25, -0.2) is 0 Å². The summed E-state index contributed by atoms with van der Waals surface area (Å²) in [7, 11) is 0. The molecule has 0 aliphatic heterocycles. The van der Waals surface area contributed by atoms with Gasteiger partial charge in [-0.15, -0.1) is 0 Å². The van der Waals surface area contributed by atoms with Crippen molar-refractivity contribution >= 4 is 0 Å². The van der Waals surface area contributed by atoms with Gasteiger partial charge in [-0.3, -0.25) is 0 Å². The first-order chi connectivity index (χ1) is 3.68. The predicted molar refractivity (Wildman–Crippen MR) is 39.6 cm³/mol. The van der Waals surface area contributed by atoms with Crippen LogP contribution in [0.25, 0.3) is 0 Å². The molecule has 6 N–H and O–H groups in total. The van der Waals surface area contributed by atoms with Gasteiger partial charge in [0, 0.05) is 6.54 Å². The zero-order valence-corrected chi connectivity index (χ0v) is 6.35. The van der Waals surface area contributed by atoms with E-state index in [2.05, 4.69) is 0 Å². The topological polar surface area (TPSA) is 81.2 Å². The van der Waals surface area contributed by atoms with Crippen LogP contribution >= 0.6 is 0 Å². The Balaban J connectivity index is 0. The van der Waals surface area contributed by atoms with Crippen LogP contribution in [0, 0.1) is 0 Å². The maximum atomic E-state index is 9.31. The fourth-order valence-electron chi connectivity index (χ4n) is 0.539. The number of nitrogens with two attached hydrogens (primary N) is 1. The SMILES string of the molecule is CCC(O)(CC)CN.N. The molecule has 0 amide bonds. The molecular weight excluding hydrogens is 116 g/mol. The first kappa shape index (κ1) is 11.6. The summed E-state index contributed by atoms with van der Waals surface area (Å²) in [6.07, 6.45) is 1.50. The molecule has 0 saturated carbocycles. The van der Waals surface area contributed by atoms with E-state index in [9.17, 15) is 5.11 Å². The van der Waals surface area contributed by atoms with Crippen LogP contribution in [0.2, 0.25) is 0 Å². The molecule has 0 saturated heterocycles. The van der Waals surface area contributed by atoms with Gasteiger partial charge in [-0.1, -0.05) is 13.8 Å². The monoisotopic (exact) mass is 134 g/mol. The van der Waals surface area contributed by atoms with E-state index in [1.54, 1.807) is 0 Å².